The third-order valence-corrected chi connectivity index (χ3v) is 4.48. The molecule has 3 heterocycles. The van der Waals surface area contributed by atoms with Crippen LogP contribution in [0, 0.1) is 12.7 Å². The summed E-state index contributed by atoms with van der Waals surface area (Å²) in [5, 5.41) is 4.69. The molecule has 6 heteroatoms. The van der Waals surface area contributed by atoms with E-state index in [0.29, 0.717) is 0 Å². The Hall–Kier alpha value is -2.47. The number of piperazine rings is 1. The lowest BCUT2D eigenvalue weighted by Crippen LogP contribution is -2.45. The van der Waals surface area contributed by atoms with Gasteiger partial charge >= 0.3 is 0 Å². The molecule has 1 aromatic carbocycles. The smallest absolute Gasteiger partial charge is 0.158 e. The van der Waals surface area contributed by atoms with E-state index in [1.807, 2.05) is 23.6 Å². The monoisotopic (exact) mass is 325 g/mol. The van der Waals surface area contributed by atoms with Crippen molar-refractivity contribution in [3.63, 3.8) is 0 Å². The minimum absolute atomic E-state index is 0.256. The maximum Gasteiger partial charge on any atom is 0.158 e. The summed E-state index contributed by atoms with van der Waals surface area (Å²) in [5.41, 5.74) is 3.26. The van der Waals surface area contributed by atoms with Gasteiger partial charge in [-0.05, 0) is 26.1 Å². The predicted molar refractivity (Wildman–Crippen MR) is 92.8 cm³/mol. The highest BCUT2D eigenvalue weighted by molar-refractivity contribution is 5.66. The molecule has 0 atom stereocenters. The summed E-state index contributed by atoms with van der Waals surface area (Å²) in [6, 6.07) is 10.5. The Morgan fingerprint density at radius 3 is 2.58 bits per heavy atom. The van der Waals surface area contributed by atoms with E-state index in [4.69, 9.17) is 5.10 Å². The van der Waals surface area contributed by atoms with Gasteiger partial charge in [0.15, 0.2) is 5.65 Å². The number of aromatic nitrogens is 3. The maximum absolute atomic E-state index is 13.5. The number of aryl methyl sites for hydroxylation is 1. The number of hydrogen-bond donors (Lipinski definition) is 0. The van der Waals surface area contributed by atoms with Gasteiger partial charge in [0.1, 0.15) is 11.6 Å². The molecule has 5 nitrogen and oxygen atoms in total. The van der Waals surface area contributed by atoms with Gasteiger partial charge in [-0.3, -0.25) is 0 Å². The van der Waals surface area contributed by atoms with E-state index in [2.05, 4.69) is 27.9 Å². The molecule has 2 aromatic heterocycles. The van der Waals surface area contributed by atoms with Crippen LogP contribution in [0.25, 0.3) is 16.9 Å². The normalized spacial score (nSPS) is 16.0. The Bertz CT molecular complexity index is 880. The Morgan fingerprint density at radius 2 is 1.83 bits per heavy atom. The van der Waals surface area contributed by atoms with Crippen LogP contribution < -0.4 is 4.90 Å². The number of likely N-dealkylation sites (N-methyl/N-ethyl adjacent to an activating group) is 1. The highest BCUT2D eigenvalue weighted by atomic mass is 19.1. The molecule has 1 aliphatic rings. The molecule has 1 fully saturated rings. The van der Waals surface area contributed by atoms with Gasteiger partial charge in [0.05, 0.1) is 5.69 Å². The van der Waals surface area contributed by atoms with Gasteiger partial charge in [-0.1, -0.05) is 12.1 Å². The van der Waals surface area contributed by atoms with E-state index < -0.39 is 0 Å². The fourth-order valence-electron chi connectivity index (χ4n) is 3.13. The van der Waals surface area contributed by atoms with Crippen molar-refractivity contribution in [1.29, 1.82) is 0 Å². The number of benzene rings is 1. The molecule has 4 rings (SSSR count). The summed E-state index contributed by atoms with van der Waals surface area (Å²) in [4.78, 5) is 9.24. The number of hydrogen-bond acceptors (Lipinski definition) is 4. The second-order valence-electron chi connectivity index (χ2n) is 6.36. The third-order valence-electron chi connectivity index (χ3n) is 4.48. The van der Waals surface area contributed by atoms with Crippen molar-refractivity contribution in [2.75, 3.05) is 38.1 Å². The van der Waals surface area contributed by atoms with E-state index in [1.165, 1.54) is 12.1 Å². The van der Waals surface area contributed by atoms with E-state index in [0.717, 1.165) is 54.6 Å². The number of fused-ring (bicyclic) bond motifs is 1. The Kier molecular flexibility index (Phi) is 3.69. The maximum atomic E-state index is 13.5. The van der Waals surface area contributed by atoms with E-state index in [1.54, 1.807) is 6.07 Å². The molecule has 1 saturated heterocycles. The molecule has 0 aliphatic carbocycles. The third kappa shape index (κ3) is 2.73. The fraction of sp³-hybridized carbons (Fsp3) is 0.333. The van der Waals surface area contributed by atoms with E-state index in [-0.39, 0.29) is 5.82 Å². The molecule has 0 amide bonds. The molecule has 24 heavy (non-hydrogen) atoms. The van der Waals surface area contributed by atoms with Crippen molar-refractivity contribution in [1.82, 2.24) is 19.5 Å². The lowest BCUT2D eigenvalue weighted by Gasteiger charge is -2.34. The summed E-state index contributed by atoms with van der Waals surface area (Å²) in [7, 11) is 2.14. The van der Waals surface area contributed by atoms with Gasteiger partial charge in [0, 0.05) is 49.6 Å². The first-order valence-corrected chi connectivity index (χ1v) is 8.17. The van der Waals surface area contributed by atoms with Crippen LogP contribution in [0.3, 0.4) is 0 Å². The zero-order valence-corrected chi connectivity index (χ0v) is 13.9. The topological polar surface area (TPSA) is 36.7 Å². The first-order chi connectivity index (χ1) is 11.6. The van der Waals surface area contributed by atoms with E-state index in [9.17, 15) is 4.39 Å². The largest absolute Gasteiger partial charge is 0.354 e. The van der Waals surface area contributed by atoms with Crippen LogP contribution in [-0.2, 0) is 0 Å². The lowest BCUT2D eigenvalue weighted by atomic mass is 10.1. The highest BCUT2D eigenvalue weighted by Gasteiger charge is 2.19. The standard InChI is InChI=1S/C18H20FN5/c1-13-10-18(23-8-6-22(2)7-9-23)24-17(20-13)12-16(21-24)14-4-3-5-15(19)11-14/h3-5,10-12H,6-9H2,1-2H3. The average molecular weight is 325 g/mol. The molecule has 0 bridgehead atoms. The van der Waals surface area contributed by atoms with Crippen molar-refractivity contribution >= 4 is 11.5 Å². The van der Waals surface area contributed by atoms with Crippen LogP contribution in [0.5, 0.6) is 0 Å². The second kappa shape index (κ2) is 5.87. The van der Waals surface area contributed by atoms with Crippen LogP contribution in [0.1, 0.15) is 5.69 Å². The van der Waals surface area contributed by atoms with Crippen LogP contribution in [0.2, 0.25) is 0 Å². The Balaban J connectivity index is 1.80. The van der Waals surface area contributed by atoms with Crippen molar-refractivity contribution in [2.24, 2.45) is 0 Å². The van der Waals surface area contributed by atoms with Crippen molar-refractivity contribution in [3.05, 3.63) is 47.9 Å². The summed E-state index contributed by atoms with van der Waals surface area (Å²) in [6.45, 7) is 5.98. The van der Waals surface area contributed by atoms with Crippen LogP contribution in [0.15, 0.2) is 36.4 Å². The first-order valence-electron chi connectivity index (χ1n) is 8.17. The van der Waals surface area contributed by atoms with Crippen LogP contribution in [-0.4, -0.2) is 52.7 Å². The summed E-state index contributed by atoms with van der Waals surface area (Å²) < 4.78 is 15.4. The minimum Gasteiger partial charge on any atom is -0.354 e. The lowest BCUT2D eigenvalue weighted by molar-refractivity contribution is 0.311. The zero-order chi connectivity index (χ0) is 16.7. The molecule has 3 aromatic rings. The van der Waals surface area contributed by atoms with Crippen LogP contribution in [0.4, 0.5) is 10.2 Å². The zero-order valence-electron chi connectivity index (χ0n) is 13.9. The minimum atomic E-state index is -0.256. The molecule has 0 spiro atoms. The molecular weight excluding hydrogens is 305 g/mol. The SMILES string of the molecule is Cc1cc(N2CCN(C)CC2)n2nc(-c3cccc(F)c3)cc2n1. The molecule has 124 valence electrons. The van der Waals surface area contributed by atoms with Gasteiger partial charge in [-0.2, -0.15) is 9.61 Å². The molecule has 1 aliphatic heterocycles. The van der Waals surface area contributed by atoms with Gasteiger partial charge < -0.3 is 9.80 Å². The number of halogens is 1. The fourth-order valence-corrected chi connectivity index (χ4v) is 3.13. The van der Waals surface area contributed by atoms with Crippen molar-refractivity contribution < 1.29 is 4.39 Å². The van der Waals surface area contributed by atoms with Crippen LogP contribution >= 0.6 is 0 Å². The number of anilines is 1. The van der Waals surface area contributed by atoms with Gasteiger partial charge in [0.25, 0.3) is 0 Å². The predicted octanol–water partition coefficient (Wildman–Crippen LogP) is 2.60. The van der Waals surface area contributed by atoms with E-state index >= 15 is 0 Å². The first kappa shape index (κ1) is 15.1. The summed E-state index contributed by atoms with van der Waals surface area (Å²) in [6.07, 6.45) is 0. The average Bonchev–Trinajstić information content (AvgIpc) is 2.99. The Labute approximate surface area is 140 Å². The molecule has 0 saturated carbocycles. The molecular formula is C18H20FN5. The molecule has 0 N–H and O–H groups in total. The summed E-state index contributed by atoms with van der Waals surface area (Å²) >= 11 is 0. The van der Waals surface area contributed by atoms with Gasteiger partial charge in [0.2, 0.25) is 0 Å². The quantitative estimate of drug-likeness (QED) is 0.726. The van der Waals surface area contributed by atoms with Gasteiger partial charge in [-0.15, -0.1) is 0 Å². The molecule has 0 unspecified atom stereocenters. The van der Waals surface area contributed by atoms with Crippen molar-refractivity contribution in [2.45, 2.75) is 6.92 Å². The van der Waals surface area contributed by atoms with Crippen molar-refractivity contribution in [3.8, 4) is 11.3 Å². The number of rotatable bonds is 2. The Morgan fingerprint density at radius 1 is 1.04 bits per heavy atom. The second-order valence-corrected chi connectivity index (χ2v) is 6.36. The highest BCUT2D eigenvalue weighted by Crippen LogP contribution is 2.24. The summed E-state index contributed by atoms with van der Waals surface area (Å²) in [5.74, 6) is 0.793. The van der Waals surface area contributed by atoms with Gasteiger partial charge in [-0.25, -0.2) is 9.37 Å². The molecule has 0 radical (unpaired) electrons. The number of nitrogens with zero attached hydrogens (tertiary/aromatic N) is 5.